The van der Waals surface area contributed by atoms with E-state index in [9.17, 15) is 9.32 Å². The molecule has 168 valence electrons. The van der Waals surface area contributed by atoms with Crippen molar-refractivity contribution in [1.82, 2.24) is 4.98 Å². The van der Waals surface area contributed by atoms with E-state index in [4.69, 9.17) is 14.2 Å². The van der Waals surface area contributed by atoms with Crippen molar-refractivity contribution in [2.45, 2.75) is 33.0 Å². The number of methoxy groups -OCH3 is 1. The maximum absolute atomic E-state index is 12.1. The van der Waals surface area contributed by atoms with E-state index in [0.29, 0.717) is 18.1 Å². The first-order valence-electron chi connectivity index (χ1n) is 10.2. The van der Waals surface area contributed by atoms with Gasteiger partial charge in [-0.05, 0) is 53.8 Å². The van der Waals surface area contributed by atoms with E-state index >= 15 is 0 Å². The summed E-state index contributed by atoms with van der Waals surface area (Å²) in [6.45, 7) is 4.50. The second-order valence-corrected chi connectivity index (χ2v) is 7.40. The highest BCUT2D eigenvalue weighted by molar-refractivity contribution is 5.71. The fourth-order valence-electron chi connectivity index (χ4n) is 3.52. The molecular weight excluding hydrogens is 413 g/mol. The van der Waals surface area contributed by atoms with Crippen molar-refractivity contribution in [1.29, 1.82) is 0 Å². The monoisotopic (exact) mass is 439 g/mol. The lowest BCUT2D eigenvalue weighted by Crippen LogP contribution is -2.13. The van der Waals surface area contributed by atoms with Crippen molar-refractivity contribution in [2.24, 2.45) is 0 Å². The number of ether oxygens (including phenoxy) is 3. The SMILES string of the molecule is COCOC(CC(=O)OF)c1ccc(OCc2cccc(-c3c(C)cccc3C)c2)nc1. The number of halogens is 1. The van der Waals surface area contributed by atoms with Crippen molar-refractivity contribution in [3.63, 3.8) is 0 Å². The molecular formula is C25H26FNO5. The smallest absolute Gasteiger partial charge is 0.351 e. The predicted octanol–water partition coefficient (Wildman–Crippen LogP) is 5.42. The lowest BCUT2D eigenvalue weighted by atomic mass is 9.95. The van der Waals surface area contributed by atoms with Crippen LogP contribution in [0.2, 0.25) is 0 Å². The van der Waals surface area contributed by atoms with Gasteiger partial charge in [-0.3, -0.25) is 4.94 Å². The summed E-state index contributed by atoms with van der Waals surface area (Å²) in [6, 6.07) is 17.9. The van der Waals surface area contributed by atoms with Gasteiger partial charge in [-0.25, -0.2) is 9.78 Å². The third kappa shape index (κ3) is 6.12. The molecule has 7 heteroatoms. The molecule has 0 aliphatic carbocycles. The van der Waals surface area contributed by atoms with Crippen LogP contribution in [0.15, 0.2) is 60.8 Å². The molecule has 1 unspecified atom stereocenters. The number of pyridine rings is 1. The number of nitrogens with zero attached hydrogens (tertiary/aromatic N) is 1. The van der Waals surface area contributed by atoms with Crippen molar-refractivity contribution in [3.8, 4) is 17.0 Å². The Labute approximate surface area is 186 Å². The molecule has 0 saturated heterocycles. The minimum absolute atomic E-state index is 0.0564. The van der Waals surface area contributed by atoms with Gasteiger partial charge in [0.25, 0.3) is 0 Å². The summed E-state index contributed by atoms with van der Waals surface area (Å²) < 4.78 is 28.2. The lowest BCUT2D eigenvalue weighted by molar-refractivity contribution is -0.188. The van der Waals surface area contributed by atoms with Crippen LogP contribution in [0, 0.1) is 13.8 Å². The topological polar surface area (TPSA) is 66.9 Å². The Hall–Kier alpha value is -3.29. The molecule has 6 nitrogen and oxygen atoms in total. The minimum Gasteiger partial charge on any atom is -0.473 e. The molecule has 0 amide bonds. The lowest BCUT2D eigenvalue weighted by Gasteiger charge is -2.16. The molecule has 0 aliphatic rings. The van der Waals surface area contributed by atoms with E-state index in [1.54, 1.807) is 12.1 Å². The fraction of sp³-hybridized carbons (Fsp3) is 0.280. The Morgan fingerprint density at radius 2 is 1.81 bits per heavy atom. The van der Waals surface area contributed by atoms with Crippen LogP contribution in [0.3, 0.4) is 0 Å². The summed E-state index contributed by atoms with van der Waals surface area (Å²) in [5.41, 5.74) is 6.41. The largest absolute Gasteiger partial charge is 0.473 e. The summed E-state index contributed by atoms with van der Waals surface area (Å²) in [4.78, 5) is 18.8. The van der Waals surface area contributed by atoms with Gasteiger partial charge in [0.2, 0.25) is 5.88 Å². The Bertz CT molecular complexity index is 1020. The van der Waals surface area contributed by atoms with Crippen molar-refractivity contribution in [3.05, 3.63) is 83.0 Å². The molecule has 0 radical (unpaired) electrons. The molecule has 1 heterocycles. The van der Waals surface area contributed by atoms with Gasteiger partial charge in [0.1, 0.15) is 13.4 Å². The van der Waals surface area contributed by atoms with Crippen LogP contribution in [-0.2, 0) is 25.8 Å². The first-order valence-corrected chi connectivity index (χ1v) is 10.2. The average molecular weight is 439 g/mol. The molecule has 2 aromatic carbocycles. The molecule has 32 heavy (non-hydrogen) atoms. The third-order valence-electron chi connectivity index (χ3n) is 5.04. The summed E-state index contributed by atoms with van der Waals surface area (Å²) in [6.07, 6.45) is 0.481. The van der Waals surface area contributed by atoms with E-state index in [1.807, 2.05) is 12.1 Å². The van der Waals surface area contributed by atoms with Crippen LogP contribution in [0.4, 0.5) is 4.53 Å². The number of aromatic nitrogens is 1. The number of rotatable bonds is 10. The first-order chi connectivity index (χ1) is 15.5. The Balaban J connectivity index is 1.68. The maximum Gasteiger partial charge on any atom is 0.351 e. The zero-order valence-electron chi connectivity index (χ0n) is 18.3. The van der Waals surface area contributed by atoms with E-state index in [0.717, 1.165) is 11.1 Å². The number of aryl methyl sites for hydroxylation is 2. The highest BCUT2D eigenvalue weighted by Gasteiger charge is 2.19. The zero-order valence-corrected chi connectivity index (χ0v) is 18.3. The summed E-state index contributed by atoms with van der Waals surface area (Å²) in [5, 5.41) is 0. The summed E-state index contributed by atoms with van der Waals surface area (Å²) in [5.74, 6) is -0.611. The van der Waals surface area contributed by atoms with E-state index in [-0.39, 0.29) is 13.2 Å². The summed E-state index contributed by atoms with van der Waals surface area (Å²) >= 11 is 0. The molecule has 0 bridgehead atoms. The standard InChI is InChI=1S/C25H26FNO5/c1-17-6-4-7-18(2)25(17)20-9-5-8-19(12-20)15-30-23-11-10-21(14-27-23)22(31-16-29-3)13-24(28)32-26/h4-12,14,22H,13,15-16H2,1-3H3. The number of carbonyl (C=O) groups is 1. The second-order valence-electron chi connectivity index (χ2n) is 7.40. The van der Waals surface area contributed by atoms with Crippen LogP contribution in [0.25, 0.3) is 11.1 Å². The third-order valence-corrected chi connectivity index (χ3v) is 5.04. The molecule has 0 saturated carbocycles. The average Bonchev–Trinajstić information content (AvgIpc) is 2.81. The van der Waals surface area contributed by atoms with Crippen LogP contribution in [-0.4, -0.2) is 24.9 Å². The molecule has 0 spiro atoms. The quantitative estimate of drug-likeness (QED) is 0.393. The number of carbonyl (C=O) groups excluding carboxylic acids is 1. The molecule has 1 aromatic heterocycles. The van der Waals surface area contributed by atoms with Gasteiger partial charge in [-0.1, -0.05) is 36.4 Å². The van der Waals surface area contributed by atoms with Crippen LogP contribution in [0.1, 0.15) is 34.8 Å². The van der Waals surface area contributed by atoms with E-state index in [2.05, 4.69) is 54.1 Å². The number of hydrogen-bond donors (Lipinski definition) is 0. The molecule has 0 aliphatic heterocycles. The van der Waals surface area contributed by atoms with Crippen molar-refractivity contribution in [2.75, 3.05) is 13.9 Å². The van der Waals surface area contributed by atoms with Crippen molar-refractivity contribution < 1.29 is 28.5 Å². The molecule has 0 fully saturated rings. The minimum atomic E-state index is -1.03. The van der Waals surface area contributed by atoms with Crippen LogP contribution in [0.5, 0.6) is 5.88 Å². The van der Waals surface area contributed by atoms with Crippen molar-refractivity contribution >= 4 is 5.97 Å². The van der Waals surface area contributed by atoms with Crippen LogP contribution >= 0.6 is 0 Å². The molecule has 1 atom stereocenters. The number of benzene rings is 2. The molecule has 3 aromatic rings. The van der Waals surface area contributed by atoms with Gasteiger partial charge in [0.15, 0.2) is 0 Å². The van der Waals surface area contributed by atoms with Crippen LogP contribution < -0.4 is 4.74 Å². The predicted molar refractivity (Wildman–Crippen MR) is 117 cm³/mol. The second kappa shape index (κ2) is 11.4. The van der Waals surface area contributed by atoms with Gasteiger partial charge < -0.3 is 14.2 Å². The maximum atomic E-state index is 12.1. The Morgan fingerprint density at radius 1 is 1.06 bits per heavy atom. The highest BCUT2D eigenvalue weighted by atomic mass is 19.3. The van der Waals surface area contributed by atoms with E-state index < -0.39 is 12.1 Å². The first kappa shape index (κ1) is 23.4. The van der Waals surface area contributed by atoms with Gasteiger partial charge in [0, 0.05) is 29.5 Å². The van der Waals surface area contributed by atoms with Gasteiger partial charge in [0.05, 0.1) is 12.5 Å². The highest BCUT2D eigenvalue weighted by Crippen LogP contribution is 2.28. The Kier molecular flexibility index (Phi) is 8.30. The van der Waals surface area contributed by atoms with E-state index in [1.165, 1.54) is 30.0 Å². The normalized spacial score (nSPS) is 11.8. The fourth-order valence-corrected chi connectivity index (χ4v) is 3.52. The zero-order chi connectivity index (χ0) is 22.9. The van der Waals surface area contributed by atoms with Gasteiger partial charge >= 0.3 is 5.97 Å². The number of hydrogen-bond acceptors (Lipinski definition) is 6. The Morgan fingerprint density at radius 3 is 2.47 bits per heavy atom. The molecule has 0 N–H and O–H groups in total. The summed E-state index contributed by atoms with van der Waals surface area (Å²) in [7, 11) is 1.45. The van der Waals surface area contributed by atoms with Gasteiger partial charge in [-0.2, -0.15) is 0 Å². The van der Waals surface area contributed by atoms with Gasteiger partial charge in [-0.15, -0.1) is 0 Å². The molecule has 3 rings (SSSR count).